The molecule has 0 aromatic heterocycles. The van der Waals surface area contributed by atoms with Crippen molar-refractivity contribution in [2.24, 2.45) is 0 Å². The number of halogens is 1. The van der Waals surface area contributed by atoms with E-state index in [9.17, 15) is 25.0 Å². The first-order valence-electron chi connectivity index (χ1n) is 7.05. The van der Waals surface area contributed by atoms with Gasteiger partial charge in [0.15, 0.2) is 0 Å². The summed E-state index contributed by atoms with van der Waals surface area (Å²) in [4.78, 5) is 32.6. The number of carbonyl (C=O) groups is 1. The largest absolute Gasteiger partial charge is 0.418 e. The molecule has 9 heteroatoms. The molecule has 0 fully saturated rings. The van der Waals surface area contributed by atoms with Crippen LogP contribution in [0.3, 0.4) is 0 Å². The molecule has 0 saturated carbocycles. The highest BCUT2D eigenvalue weighted by Crippen LogP contribution is 2.40. The quantitative estimate of drug-likeness (QED) is 0.243. The van der Waals surface area contributed by atoms with E-state index in [1.54, 1.807) is 13.8 Å². The zero-order valence-electron chi connectivity index (χ0n) is 12.9. The van der Waals surface area contributed by atoms with Crippen molar-refractivity contribution in [1.29, 1.82) is 0 Å². The molecule has 0 amide bonds. The van der Waals surface area contributed by atoms with Gasteiger partial charge >= 0.3 is 11.7 Å². The second-order valence-electron chi connectivity index (χ2n) is 5.00. The number of carbonyl (C=O) groups excluding carboxylic acids is 1. The number of benzene rings is 1. The second-order valence-corrected chi connectivity index (χ2v) is 5.53. The van der Waals surface area contributed by atoms with Crippen LogP contribution in [-0.4, -0.2) is 21.2 Å². The number of nitro benzene ring substituents is 2. The minimum Gasteiger partial charge on any atom is -0.418 e. The molecule has 0 N–H and O–H groups in total. The number of esters is 1. The van der Waals surface area contributed by atoms with Gasteiger partial charge in [0.25, 0.3) is 5.69 Å². The Kier molecular flexibility index (Phi) is 6.44. The Bertz CT molecular complexity index is 634. The minimum absolute atomic E-state index is 0.238. The zero-order chi connectivity index (χ0) is 17.7. The molecule has 1 aromatic carbocycles. The van der Waals surface area contributed by atoms with E-state index in [1.165, 1.54) is 6.07 Å². The summed E-state index contributed by atoms with van der Waals surface area (Å²) in [7, 11) is 0. The van der Waals surface area contributed by atoms with Gasteiger partial charge in [-0.2, -0.15) is 0 Å². The number of hydrogen-bond donors (Lipinski definition) is 0. The molecule has 0 spiro atoms. The highest BCUT2D eigenvalue weighted by atomic mass is 35.5. The first kappa shape index (κ1) is 18.8. The van der Waals surface area contributed by atoms with Crippen LogP contribution in [0.5, 0.6) is 5.75 Å². The molecule has 126 valence electrons. The maximum Gasteiger partial charge on any atom is 0.329 e. The van der Waals surface area contributed by atoms with E-state index in [2.05, 4.69) is 0 Å². The highest BCUT2D eigenvalue weighted by molar-refractivity contribution is 6.30. The summed E-state index contributed by atoms with van der Waals surface area (Å²) < 4.78 is 5.11. The highest BCUT2D eigenvalue weighted by Gasteiger charge is 2.30. The summed E-state index contributed by atoms with van der Waals surface area (Å²) in [6.45, 7) is 5.22. The molecular formula is C14H17ClN2O6. The van der Waals surface area contributed by atoms with Crippen LogP contribution in [0.25, 0.3) is 0 Å². The lowest BCUT2D eigenvalue weighted by Crippen LogP contribution is -2.21. The summed E-state index contributed by atoms with van der Waals surface area (Å²) in [5.41, 5.74) is -0.811. The van der Waals surface area contributed by atoms with Gasteiger partial charge in [-0.15, -0.1) is 11.6 Å². The van der Waals surface area contributed by atoms with Crippen molar-refractivity contribution in [3.8, 4) is 5.75 Å². The topological polar surface area (TPSA) is 113 Å². The van der Waals surface area contributed by atoms with Gasteiger partial charge in [-0.3, -0.25) is 25.0 Å². The molecule has 0 aliphatic rings. The van der Waals surface area contributed by atoms with Gasteiger partial charge in [0, 0.05) is 11.6 Å². The van der Waals surface area contributed by atoms with Crippen molar-refractivity contribution in [1.82, 2.24) is 0 Å². The molecule has 1 aromatic rings. The third-order valence-electron chi connectivity index (χ3n) is 3.45. The van der Waals surface area contributed by atoms with Crippen LogP contribution in [0.1, 0.15) is 45.1 Å². The van der Waals surface area contributed by atoms with Crippen molar-refractivity contribution >= 4 is 28.9 Å². The Morgan fingerprint density at radius 2 is 1.83 bits per heavy atom. The fourth-order valence-corrected chi connectivity index (χ4v) is 1.93. The zero-order valence-corrected chi connectivity index (χ0v) is 13.7. The average molecular weight is 345 g/mol. The van der Waals surface area contributed by atoms with Crippen LogP contribution in [0.15, 0.2) is 12.1 Å². The van der Waals surface area contributed by atoms with Gasteiger partial charge in [-0.05, 0) is 18.8 Å². The molecule has 0 heterocycles. The van der Waals surface area contributed by atoms with Crippen molar-refractivity contribution in [3.05, 3.63) is 37.9 Å². The Balaban J connectivity index is 3.52. The lowest BCUT2D eigenvalue weighted by Gasteiger charge is -2.15. The van der Waals surface area contributed by atoms with E-state index in [0.29, 0.717) is 12.8 Å². The average Bonchev–Trinajstić information content (AvgIpc) is 2.52. The van der Waals surface area contributed by atoms with Gasteiger partial charge in [-0.1, -0.05) is 20.8 Å². The predicted octanol–water partition coefficient (Wildman–Crippen LogP) is 3.94. The molecule has 0 aliphatic heterocycles. The van der Waals surface area contributed by atoms with Crippen LogP contribution >= 0.6 is 11.6 Å². The second kappa shape index (κ2) is 7.87. The lowest BCUT2D eigenvalue weighted by atomic mass is 9.96. The predicted molar refractivity (Wildman–Crippen MR) is 84.0 cm³/mol. The SMILES string of the molecule is CC[C@H](Cl)C(=O)Oc1c([C@@H](C)CC)cc([N+](=O)[O-])cc1[N+](=O)[O-]. The molecule has 0 radical (unpaired) electrons. The monoisotopic (exact) mass is 344 g/mol. The molecule has 0 aliphatic carbocycles. The van der Waals surface area contributed by atoms with Crippen LogP contribution < -0.4 is 4.74 Å². The number of non-ortho nitro benzene ring substituents is 1. The van der Waals surface area contributed by atoms with Crippen molar-refractivity contribution < 1.29 is 19.4 Å². The van der Waals surface area contributed by atoms with Gasteiger partial charge in [0.05, 0.1) is 15.9 Å². The fraction of sp³-hybridized carbons (Fsp3) is 0.500. The van der Waals surface area contributed by atoms with Crippen molar-refractivity contribution in [3.63, 3.8) is 0 Å². The molecule has 23 heavy (non-hydrogen) atoms. The van der Waals surface area contributed by atoms with E-state index in [-0.39, 0.29) is 17.2 Å². The fourth-order valence-electron chi connectivity index (χ4n) is 1.89. The smallest absolute Gasteiger partial charge is 0.329 e. The van der Waals surface area contributed by atoms with Crippen LogP contribution in [-0.2, 0) is 4.79 Å². The van der Waals surface area contributed by atoms with E-state index < -0.39 is 32.6 Å². The molecule has 0 bridgehead atoms. The minimum atomic E-state index is -0.949. The molecule has 0 saturated heterocycles. The number of nitro groups is 2. The van der Waals surface area contributed by atoms with E-state index >= 15 is 0 Å². The Labute approximate surface area is 137 Å². The summed E-state index contributed by atoms with van der Waals surface area (Å²) in [6, 6.07) is 1.97. The first-order valence-corrected chi connectivity index (χ1v) is 7.48. The third-order valence-corrected chi connectivity index (χ3v) is 3.94. The molecular weight excluding hydrogens is 328 g/mol. The summed E-state index contributed by atoms with van der Waals surface area (Å²) >= 11 is 5.79. The van der Waals surface area contributed by atoms with Gasteiger partial charge in [0.2, 0.25) is 5.75 Å². The number of nitrogens with zero attached hydrogens (tertiary/aromatic N) is 2. The Morgan fingerprint density at radius 1 is 1.22 bits per heavy atom. The maximum atomic E-state index is 11.9. The summed E-state index contributed by atoms with van der Waals surface area (Å²) in [6.07, 6.45) is 0.848. The number of rotatable bonds is 7. The van der Waals surface area contributed by atoms with E-state index in [1.807, 2.05) is 6.92 Å². The number of alkyl halides is 1. The van der Waals surface area contributed by atoms with Crippen LogP contribution in [0.2, 0.25) is 0 Å². The molecule has 0 unspecified atom stereocenters. The third kappa shape index (κ3) is 4.38. The first-order chi connectivity index (χ1) is 10.7. The maximum absolute atomic E-state index is 11.9. The summed E-state index contributed by atoms with van der Waals surface area (Å²) in [5.74, 6) is -1.37. The van der Waals surface area contributed by atoms with Crippen LogP contribution in [0.4, 0.5) is 11.4 Å². The van der Waals surface area contributed by atoms with Crippen LogP contribution in [0, 0.1) is 20.2 Å². The Hall–Kier alpha value is -2.22. The summed E-state index contributed by atoms with van der Waals surface area (Å²) in [5, 5.41) is 21.3. The van der Waals surface area contributed by atoms with Gasteiger partial charge in [-0.25, -0.2) is 0 Å². The standard InChI is InChI=1S/C14H17ClN2O6/c1-4-8(3)10-6-9(16(19)20)7-12(17(21)22)13(10)23-14(18)11(15)5-2/h6-8,11H,4-5H2,1-3H3/t8-,11-/m0/s1. The molecule has 2 atom stereocenters. The van der Waals surface area contributed by atoms with E-state index in [4.69, 9.17) is 16.3 Å². The normalized spacial score (nSPS) is 13.2. The number of hydrogen-bond acceptors (Lipinski definition) is 6. The number of ether oxygens (including phenoxy) is 1. The lowest BCUT2D eigenvalue weighted by molar-refractivity contribution is -0.394. The Morgan fingerprint density at radius 3 is 2.26 bits per heavy atom. The van der Waals surface area contributed by atoms with Gasteiger partial charge < -0.3 is 4.74 Å². The molecule has 8 nitrogen and oxygen atoms in total. The molecule has 1 rings (SSSR count). The van der Waals surface area contributed by atoms with E-state index in [0.717, 1.165) is 6.07 Å². The van der Waals surface area contributed by atoms with Crippen molar-refractivity contribution in [2.75, 3.05) is 0 Å². The van der Waals surface area contributed by atoms with Crippen molar-refractivity contribution in [2.45, 2.75) is 44.9 Å². The van der Waals surface area contributed by atoms with Gasteiger partial charge in [0.1, 0.15) is 5.38 Å².